The maximum Gasteiger partial charge on any atom is 0.340 e. The highest BCUT2D eigenvalue weighted by molar-refractivity contribution is 5.98. The normalized spacial score (nSPS) is 15.2. The summed E-state index contributed by atoms with van der Waals surface area (Å²) >= 11 is 0. The van der Waals surface area contributed by atoms with Crippen molar-refractivity contribution in [2.24, 2.45) is 5.92 Å². The van der Waals surface area contributed by atoms with Crippen LogP contribution < -0.4 is 5.32 Å². The summed E-state index contributed by atoms with van der Waals surface area (Å²) in [5, 5.41) is 3.98. The number of aromatic nitrogens is 1. The Kier molecular flexibility index (Phi) is 8.37. The fraction of sp³-hybridized carbons (Fsp3) is 0.542. The number of pyridine rings is 1. The molecule has 1 fully saturated rings. The maximum absolute atomic E-state index is 12.7. The van der Waals surface area contributed by atoms with Crippen LogP contribution >= 0.6 is 0 Å². The first-order valence-corrected chi connectivity index (χ1v) is 11.1. The molecule has 0 spiro atoms. The summed E-state index contributed by atoms with van der Waals surface area (Å²) in [6.07, 6.45) is 2.43. The second kappa shape index (κ2) is 11.2. The third-order valence-electron chi connectivity index (χ3n) is 5.86. The zero-order chi connectivity index (χ0) is 22.2. The summed E-state index contributed by atoms with van der Waals surface area (Å²) in [6, 6.07) is 7.87. The van der Waals surface area contributed by atoms with Gasteiger partial charge in [0.1, 0.15) is 0 Å². The van der Waals surface area contributed by atoms with E-state index < -0.39 is 0 Å². The van der Waals surface area contributed by atoms with Gasteiger partial charge in [-0.2, -0.15) is 0 Å². The number of ether oxygens (including phenoxy) is 2. The zero-order valence-corrected chi connectivity index (χ0v) is 18.8. The van der Waals surface area contributed by atoms with Crippen molar-refractivity contribution in [2.75, 3.05) is 40.0 Å². The Balaban J connectivity index is 1.69. The fourth-order valence-corrected chi connectivity index (χ4v) is 4.17. The van der Waals surface area contributed by atoms with Crippen LogP contribution in [0.25, 0.3) is 10.9 Å². The highest BCUT2D eigenvalue weighted by Gasteiger charge is 2.27. The molecule has 0 atom stereocenters. The monoisotopic (exact) mass is 427 g/mol. The molecule has 7 heteroatoms. The van der Waals surface area contributed by atoms with Gasteiger partial charge >= 0.3 is 5.97 Å². The Labute approximate surface area is 184 Å². The molecule has 1 aromatic heterocycles. The lowest BCUT2D eigenvalue weighted by atomic mass is 9.95. The molecular weight excluding hydrogens is 394 g/mol. The van der Waals surface area contributed by atoms with Gasteiger partial charge in [-0.15, -0.1) is 0 Å². The first kappa shape index (κ1) is 23.2. The molecule has 1 aromatic carbocycles. The number of methoxy groups -OCH3 is 1. The average Bonchev–Trinajstić information content (AvgIpc) is 2.77. The number of hydrogen-bond acceptors (Lipinski definition) is 6. The van der Waals surface area contributed by atoms with E-state index in [2.05, 4.69) is 10.2 Å². The third kappa shape index (κ3) is 5.80. The number of benzene rings is 1. The number of esters is 1. The van der Waals surface area contributed by atoms with E-state index >= 15 is 0 Å². The standard InChI is InChI=1S/C24H33N3O4/c1-4-31-24(29)22-17(2)19-8-5-6-9-20(19)26-21(22)16-27-13-10-18(11-14-27)23(28)25-12-7-15-30-3/h5-6,8-9,18H,4,7,10-16H2,1-3H3,(H,25,28). The predicted molar refractivity (Wildman–Crippen MR) is 120 cm³/mol. The third-order valence-corrected chi connectivity index (χ3v) is 5.86. The van der Waals surface area contributed by atoms with Gasteiger partial charge in [0.15, 0.2) is 0 Å². The Bertz CT molecular complexity index is 907. The molecule has 2 aromatic rings. The van der Waals surface area contributed by atoms with Crippen LogP contribution in [0.5, 0.6) is 0 Å². The highest BCUT2D eigenvalue weighted by atomic mass is 16.5. The van der Waals surface area contributed by atoms with Gasteiger partial charge in [-0.1, -0.05) is 18.2 Å². The molecule has 0 saturated carbocycles. The number of para-hydroxylation sites is 1. The molecule has 7 nitrogen and oxygen atoms in total. The topological polar surface area (TPSA) is 80.8 Å². The average molecular weight is 428 g/mol. The molecule has 0 radical (unpaired) electrons. The smallest absolute Gasteiger partial charge is 0.340 e. The molecular formula is C24H33N3O4. The van der Waals surface area contributed by atoms with E-state index in [1.807, 2.05) is 38.1 Å². The number of nitrogens with one attached hydrogen (secondary N) is 1. The molecule has 31 heavy (non-hydrogen) atoms. The molecule has 1 aliphatic heterocycles. The summed E-state index contributed by atoms with van der Waals surface area (Å²) in [5.41, 5.74) is 3.11. The van der Waals surface area contributed by atoms with E-state index in [1.54, 1.807) is 7.11 Å². The zero-order valence-electron chi connectivity index (χ0n) is 18.8. The Morgan fingerprint density at radius 2 is 1.97 bits per heavy atom. The van der Waals surface area contributed by atoms with E-state index in [-0.39, 0.29) is 17.8 Å². The second-order valence-electron chi connectivity index (χ2n) is 7.98. The summed E-state index contributed by atoms with van der Waals surface area (Å²) in [6.45, 7) is 7.57. The van der Waals surface area contributed by atoms with Crippen LogP contribution in [0.1, 0.15) is 47.8 Å². The summed E-state index contributed by atoms with van der Waals surface area (Å²) < 4.78 is 10.4. The minimum absolute atomic E-state index is 0.0367. The van der Waals surface area contributed by atoms with E-state index in [1.165, 1.54) is 0 Å². The molecule has 168 valence electrons. The number of nitrogens with zero attached hydrogens (tertiary/aromatic N) is 2. The van der Waals surface area contributed by atoms with Gasteiger partial charge in [0.2, 0.25) is 5.91 Å². The minimum Gasteiger partial charge on any atom is -0.462 e. The van der Waals surface area contributed by atoms with Crippen molar-refractivity contribution in [3.05, 3.63) is 41.1 Å². The van der Waals surface area contributed by atoms with Gasteiger partial charge in [-0.3, -0.25) is 14.7 Å². The molecule has 2 heterocycles. The van der Waals surface area contributed by atoms with Crippen LogP contribution in [0.4, 0.5) is 0 Å². The number of likely N-dealkylation sites (tertiary alicyclic amines) is 1. The second-order valence-corrected chi connectivity index (χ2v) is 7.98. The lowest BCUT2D eigenvalue weighted by molar-refractivity contribution is -0.126. The van der Waals surface area contributed by atoms with Crippen molar-refractivity contribution in [3.8, 4) is 0 Å². The van der Waals surface area contributed by atoms with E-state index in [0.717, 1.165) is 54.5 Å². The molecule has 3 rings (SSSR count). The first-order valence-electron chi connectivity index (χ1n) is 11.1. The van der Waals surface area contributed by atoms with Gasteiger partial charge < -0.3 is 14.8 Å². The molecule has 0 bridgehead atoms. The fourth-order valence-electron chi connectivity index (χ4n) is 4.17. The van der Waals surface area contributed by atoms with Gasteiger partial charge in [0.05, 0.1) is 23.4 Å². The van der Waals surface area contributed by atoms with Crippen LogP contribution in [0.3, 0.4) is 0 Å². The molecule has 0 unspecified atom stereocenters. The number of piperidine rings is 1. The molecule has 1 N–H and O–H groups in total. The number of amides is 1. The van der Waals surface area contributed by atoms with Crippen LogP contribution in [-0.2, 0) is 20.8 Å². The number of carbonyl (C=O) groups is 2. The highest BCUT2D eigenvalue weighted by Crippen LogP contribution is 2.26. The van der Waals surface area contributed by atoms with Crippen molar-refractivity contribution in [3.63, 3.8) is 0 Å². The quantitative estimate of drug-likeness (QED) is 0.489. The van der Waals surface area contributed by atoms with Crippen molar-refractivity contribution in [1.82, 2.24) is 15.2 Å². The number of aryl methyl sites for hydroxylation is 1. The largest absolute Gasteiger partial charge is 0.462 e. The molecule has 1 amide bonds. The summed E-state index contributed by atoms with van der Waals surface area (Å²) in [7, 11) is 1.66. The molecule has 1 aliphatic rings. The van der Waals surface area contributed by atoms with Gasteiger partial charge in [-0.25, -0.2) is 4.79 Å². The van der Waals surface area contributed by atoms with Gasteiger partial charge in [0, 0.05) is 38.1 Å². The van der Waals surface area contributed by atoms with Gasteiger partial charge in [-0.05, 0) is 57.8 Å². The lowest BCUT2D eigenvalue weighted by Gasteiger charge is -2.31. The Morgan fingerprint density at radius 1 is 1.23 bits per heavy atom. The first-order chi connectivity index (χ1) is 15.0. The Morgan fingerprint density at radius 3 is 2.68 bits per heavy atom. The minimum atomic E-state index is -0.321. The van der Waals surface area contributed by atoms with Crippen molar-refractivity contribution in [2.45, 2.75) is 39.7 Å². The number of carbonyl (C=O) groups excluding carboxylic acids is 2. The van der Waals surface area contributed by atoms with Crippen LogP contribution in [0, 0.1) is 12.8 Å². The molecule has 0 aliphatic carbocycles. The van der Waals surface area contributed by atoms with E-state index in [4.69, 9.17) is 14.5 Å². The van der Waals surface area contributed by atoms with Crippen molar-refractivity contribution >= 4 is 22.8 Å². The van der Waals surface area contributed by atoms with Gasteiger partial charge in [0.25, 0.3) is 0 Å². The van der Waals surface area contributed by atoms with E-state index in [9.17, 15) is 9.59 Å². The van der Waals surface area contributed by atoms with Crippen molar-refractivity contribution in [1.29, 1.82) is 0 Å². The van der Waals surface area contributed by atoms with Crippen molar-refractivity contribution < 1.29 is 19.1 Å². The predicted octanol–water partition coefficient (Wildman–Crippen LogP) is 3.08. The number of hydrogen-bond donors (Lipinski definition) is 1. The summed E-state index contributed by atoms with van der Waals surface area (Å²) in [4.78, 5) is 32.2. The van der Waals surface area contributed by atoms with Crippen LogP contribution in [0.2, 0.25) is 0 Å². The van der Waals surface area contributed by atoms with Crippen LogP contribution in [-0.4, -0.2) is 61.7 Å². The summed E-state index contributed by atoms with van der Waals surface area (Å²) in [5.74, 6) is -0.157. The number of rotatable bonds is 9. The maximum atomic E-state index is 12.7. The SMILES string of the molecule is CCOC(=O)c1c(CN2CCC(C(=O)NCCCOC)CC2)nc2ccccc2c1C. The Hall–Kier alpha value is -2.51. The number of fused-ring (bicyclic) bond motifs is 1. The van der Waals surface area contributed by atoms with Crippen LogP contribution in [0.15, 0.2) is 24.3 Å². The molecule has 1 saturated heterocycles. The van der Waals surface area contributed by atoms with E-state index in [0.29, 0.717) is 31.9 Å². The lowest BCUT2D eigenvalue weighted by Crippen LogP contribution is -2.40.